The molecule has 1 fully saturated rings. The van der Waals surface area contributed by atoms with E-state index in [0.717, 1.165) is 6.54 Å². The molecule has 17 heavy (non-hydrogen) atoms. The van der Waals surface area contributed by atoms with Gasteiger partial charge in [0.2, 0.25) is 17.2 Å². The lowest BCUT2D eigenvalue weighted by atomic mass is 9.95. The van der Waals surface area contributed by atoms with Crippen molar-refractivity contribution in [1.82, 2.24) is 15.0 Å². The van der Waals surface area contributed by atoms with E-state index in [1.165, 1.54) is 12.8 Å². The van der Waals surface area contributed by atoms with E-state index in [1.807, 2.05) is 0 Å². The molecule has 1 saturated heterocycles. The molecule has 2 unspecified atom stereocenters. The summed E-state index contributed by atoms with van der Waals surface area (Å²) in [4.78, 5) is 14.8. The summed E-state index contributed by atoms with van der Waals surface area (Å²) in [5, 5.41) is 3.14. The molecule has 0 bridgehead atoms. The molecule has 0 saturated carbocycles. The van der Waals surface area contributed by atoms with Crippen LogP contribution in [0.5, 0.6) is 0 Å². The molecule has 2 rings (SSSR count). The smallest absolute Gasteiger partial charge is 0.231 e. The average molecular weight is 256 g/mol. The zero-order chi connectivity index (χ0) is 12.4. The van der Waals surface area contributed by atoms with Gasteiger partial charge in [-0.3, -0.25) is 0 Å². The summed E-state index contributed by atoms with van der Waals surface area (Å²) in [6.45, 7) is 5.42. The van der Waals surface area contributed by atoms with E-state index in [0.29, 0.717) is 23.9 Å². The summed E-state index contributed by atoms with van der Waals surface area (Å²) in [5.41, 5.74) is 0. The molecule has 1 aromatic heterocycles. The lowest BCUT2D eigenvalue weighted by molar-refractivity contribution is 0.385. The van der Waals surface area contributed by atoms with E-state index < -0.39 is 0 Å². The van der Waals surface area contributed by atoms with Crippen LogP contribution in [0.25, 0.3) is 0 Å². The second kappa shape index (κ2) is 5.04. The Morgan fingerprint density at radius 1 is 1.24 bits per heavy atom. The van der Waals surface area contributed by atoms with Crippen molar-refractivity contribution in [1.29, 1.82) is 0 Å². The van der Waals surface area contributed by atoms with Crippen molar-refractivity contribution in [3.8, 4) is 0 Å². The van der Waals surface area contributed by atoms with Gasteiger partial charge in [-0.25, -0.2) is 0 Å². The number of nitrogens with one attached hydrogen (secondary N) is 1. The molecule has 0 spiro atoms. The number of aromatic nitrogens is 3. The minimum Gasteiger partial charge on any atom is -0.357 e. The summed E-state index contributed by atoms with van der Waals surface area (Å²) >= 11 is 5.90. The molecule has 1 aliphatic rings. The van der Waals surface area contributed by atoms with Gasteiger partial charge in [0, 0.05) is 19.6 Å². The van der Waals surface area contributed by atoms with Crippen LogP contribution in [0.4, 0.5) is 11.9 Å². The molecule has 0 radical (unpaired) electrons. The van der Waals surface area contributed by atoms with Crippen molar-refractivity contribution in [2.24, 2.45) is 5.92 Å². The predicted octanol–water partition coefficient (Wildman–Crippen LogP) is 2.19. The zero-order valence-electron chi connectivity index (χ0n) is 10.4. The minimum atomic E-state index is 0.241. The standard InChI is InChI=1S/C11H18ClN5/c1-7-4-5-8(2)17(6-7)11-15-9(12)14-10(13-3)16-11/h7-8H,4-6H2,1-3H3,(H,13,14,15,16). The lowest BCUT2D eigenvalue weighted by Crippen LogP contribution is -2.42. The predicted molar refractivity (Wildman–Crippen MR) is 69.6 cm³/mol. The molecular formula is C11H18ClN5. The van der Waals surface area contributed by atoms with Crippen LogP contribution in [0.3, 0.4) is 0 Å². The molecule has 2 atom stereocenters. The molecule has 5 nitrogen and oxygen atoms in total. The van der Waals surface area contributed by atoms with Crippen LogP contribution in [-0.2, 0) is 0 Å². The monoisotopic (exact) mass is 255 g/mol. The van der Waals surface area contributed by atoms with Gasteiger partial charge in [0.05, 0.1) is 0 Å². The molecule has 1 N–H and O–H groups in total. The fraction of sp³-hybridized carbons (Fsp3) is 0.727. The SMILES string of the molecule is CNc1nc(Cl)nc(N2CC(C)CCC2C)n1. The highest BCUT2D eigenvalue weighted by atomic mass is 35.5. The van der Waals surface area contributed by atoms with E-state index in [4.69, 9.17) is 11.6 Å². The highest BCUT2D eigenvalue weighted by molar-refractivity contribution is 6.28. The van der Waals surface area contributed by atoms with Crippen molar-refractivity contribution in [3.05, 3.63) is 5.28 Å². The Morgan fingerprint density at radius 3 is 2.71 bits per heavy atom. The fourth-order valence-electron chi connectivity index (χ4n) is 2.15. The Kier molecular flexibility index (Phi) is 3.66. The second-order valence-electron chi connectivity index (χ2n) is 4.66. The van der Waals surface area contributed by atoms with E-state index in [1.54, 1.807) is 7.05 Å². The Morgan fingerprint density at radius 2 is 2.00 bits per heavy atom. The first kappa shape index (κ1) is 12.4. The van der Waals surface area contributed by atoms with Gasteiger partial charge in [-0.05, 0) is 37.3 Å². The van der Waals surface area contributed by atoms with E-state index >= 15 is 0 Å². The summed E-state index contributed by atoms with van der Waals surface area (Å²) in [6, 6.07) is 0.453. The lowest BCUT2D eigenvalue weighted by Gasteiger charge is -2.36. The van der Waals surface area contributed by atoms with Crippen LogP contribution < -0.4 is 10.2 Å². The first-order valence-corrected chi connectivity index (χ1v) is 6.34. The second-order valence-corrected chi connectivity index (χ2v) is 5.00. The van der Waals surface area contributed by atoms with Crippen LogP contribution in [-0.4, -0.2) is 34.6 Å². The fourth-order valence-corrected chi connectivity index (χ4v) is 2.30. The molecule has 0 aromatic carbocycles. The molecule has 0 amide bonds. The number of halogens is 1. The van der Waals surface area contributed by atoms with Crippen LogP contribution in [0.15, 0.2) is 0 Å². The topological polar surface area (TPSA) is 53.9 Å². The van der Waals surface area contributed by atoms with Crippen molar-refractivity contribution >= 4 is 23.5 Å². The van der Waals surface area contributed by atoms with Crippen molar-refractivity contribution in [2.75, 3.05) is 23.8 Å². The van der Waals surface area contributed by atoms with E-state index in [2.05, 4.69) is 39.0 Å². The maximum atomic E-state index is 5.90. The van der Waals surface area contributed by atoms with Crippen molar-refractivity contribution < 1.29 is 0 Å². The Balaban J connectivity index is 2.28. The highest BCUT2D eigenvalue weighted by Crippen LogP contribution is 2.25. The van der Waals surface area contributed by atoms with Crippen LogP contribution in [0, 0.1) is 5.92 Å². The maximum Gasteiger partial charge on any atom is 0.231 e. The third-order valence-corrected chi connectivity index (χ3v) is 3.36. The first-order chi connectivity index (χ1) is 8.10. The van der Waals surface area contributed by atoms with Gasteiger partial charge in [0.25, 0.3) is 0 Å². The molecule has 0 aliphatic carbocycles. The summed E-state index contributed by atoms with van der Waals surface area (Å²) < 4.78 is 0. The van der Waals surface area contributed by atoms with E-state index in [9.17, 15) is 0 Å². The minimum absolute atomic E-state index is 0.241. The summed E-state index contributed by atoms with van der Waals surface area (Å²) in [6.07, 6.45) is 2.43. The number of hydrogen-bond donors (Lipinski definition) is 1. The van der Waals surface area contributed by atoms with E-state index in [-0.39, 0.29) is 5.28 Å². The third kappa shape index (κ3) is 2.77. The van der Waals surface area contributed by atoms with Gasteiger partial charge in [-0.15, -0.1) is 0 Å². The third-order valence-electron chi connectivity index (χ3n) is 3.19. The highest BCUT2D eigenvalue weighted by Gasteiger charge is 2.25. The van der Waals surface area contributed by atoms with Crippen LogP contribution in [0.1, 0.15) is 26.7 Å². The van der Waals surface area contributed by atoms with Crippen LogP contribution in [0.2, 0.25) is 5.28 Å². The molecule has 1 aliphatic heterocycles. The number of hydrogen-bond acceptors (Lipinski definition) is 5. The van der Waals surface area contributed by atoms with Crippen LogP contribution >= 0.6 is 11.6 Å². The summed E-state index contributed by atoms with van der Waals surface area (Å²) in [5.74, 6) is 1.86. The Bertz CT molecular complexity index is 397. The maximum absolute atomic E-state index is 5.90. The number of anilines is 2. The first-order valence-electron chi connectivity index (χ1n) is 5.96. The Labute approximate surface area is 107 Å². The van der Waals surface area contributed by atoms with Gasteiger partial charge in [-0.2, -0.15) is 15.0 Å². The number of nitrogens with zero attached hydrogens (tertiary/aromatic N) is 4. The molecule has 6 heteroatoms. The number of piperidine rings is 1. The molecular weight excluding hydrogens is 238 g/mol. The van der Waals surface area contributed by atoms with Gasteiger partial charge >= 0.3 is 0 Å². The number of rotatable bonds is 2. The average Bonchev–Trinajstić information content (AvgIpc) is 2.31. The molecule has 94 valence electrons. The quantitative estimate of drug-likeness (QED) is 0.878. The van der Waals surface area contributed by atoms with Gasteiger partial charge in [-0.1, -0.05) is 6.92 Å². The van der Waals surface area contributed by atoms with Gasteiger partial charge in [0.1, 0.15) is 0 Å². The Hall–Kier alpha value is -1.10. The molecule has 1 aromatic rings. The zero-order valence-corrected chi connectivity index (χ0v) is 11.2. The summed E-state index contributed by atoms with van der Waals surface area (Å²) in [7, 11) is 1.78. The van der Waals surface area contributed by atoms with Crippen molar-refractivity contribution in [2.45, 2.75) is 32.7 Å². The normalized spacial score (nSPS) is 24.8. The van der Waals surface area contributed by atoms with Gasteiger partial charge in [0.15, 0.2) is 0 Å². The van der Waals surface area contributed by atoms with Crippen molar-refractivity contribution in [3.63, 3.8) is 0 Å². The van der Waals surface area contributed by atoms with Gasteiger partial charge < -0.3 is 10.2 Å². The largest absolute Gasteiger partial charge is 0.357 e. The molecule has 2 heterocycles.